The Bertz CT molecular complexity index is 511. The fraction of sp³-hybridized carbons (Fsp3) is 0.700. The van der Waals surface area contributed by atoms with Gasteiger partial charge in [0.25, 0.3) is 0 Å². The number of hydrogen-bond acceptors (Lipinski definition) is 7. The van der Waals surface area contributed by atoms with Crippen molar-refractivity contribution in [3.8, 4) is 0 Å². The van der Waals surface area contributed by atoms with Crippen LogP contribution < -0.4 is 10.6 Å². The molecule has 3 N–H and O–H groups in total. The summed E-state index contributed by atoms with van der Waals surface area (Å²) in [4.78, 5) is 7.26. The van der Waals surface area contributed by atoms with E-state index < -0.39 is 12.0 Å². The van der Waals surface area contributed by atoms with Gasteiger partial charge in [0.1, 0.15) is 0 Å². The highest BCUT2D eigenvalue weighted by Gasteiger charge is 2.37. The number of nitrogens with zero attached hydrogens (tertiary/aromatic N) is 5. The summed E-state index contributed by atoms with van der Waals surface area (Å²) in [6, 6.07) is -0.225. The maximum absolute atomic E-state index is 12.5. The Hall–Kier alpha value is -1.62. The van der Waals surface area contributed by atoms with Crippen LogP contribution >= 0.6 is 11.5 Å². The van der Waals surface area contributed by atoms with Crippen LogP contribution in [0.4, 0.5) is 18.3 Å². The van der Waals surface area contributed by atoms with Gasteiger partial charge >= 0.3 is 6.18 Å². The molecule has 11 heteroatoms. The summed E-state index contributed by atoms with van der Waals surface area (Å²) in [5, 5.41) is 11.9. The highest BCUT2D eigenvalue weighted by molar-refractivity contribution is 7.09. The van der Waals surface area contributed by atoms with Gasteiger partial charge < -0.3 is 15.8 Å². The number of piperazine rings is 1. The summed E-state index contributed by atoms with van der Waals surface area (Å²) < 4.78 is 40.7. The van der Waals surface area contributed by atoms with Crippen LogP contribution in [-0.2, 0) is 6.18 Å². The molecule has 1 atom stereocenters. The van der Waals surface area contributed by atoms with E-state index in [1.165, 1.54) is 0 Å². The fourth-order valence-corrected chi connectivity index (χ4v) is 2.77. The molecule has 0 bridgehead atoms. The molecule has 0 radical (unpaired) electrons. The zero-order valence-corrected chi connectivity index (χ0v) is 12.0. The second-order valence-electron chi connectivity index (χ2n) is 4.62. The monoisotopic (exact) mass is 324 g/mol. The van der Waals surface area contributed by atoms with Crippen LogP contribution in [0.3, 0.4) is 0 Å². The van der Waals surface area contributed by atoms with Gasteiger partial charge in [-0.25, -0.2) is 0 Å². The van der Waals surface area contributed by atoms with Crippen LogP contribution in [0, 0.1) is 0 Å². The van der Waals surface area contributed by atoms with E-state index >= 15 is 0 Å². The van der Waals surface area contributed by atoms with Gasteiger partial charge in [-0.2, -0.15) is 22.5 Å². The molecule has 0 spiro atoms. The Morgan fingerprint density at radius 1 is 1.38 bits per heavy atom. The van der Waals surface area contributed by atoms with Crippen molar-refractivity contribution in [1.29, 1.82) is 0 Å². The van der Waals surface area contributed by atoms with Crippen LogP contribution in [0.1, 0.15) is 12.7 Å². The highest BCUT2D eigenvalue weighted by atomic mass is 32.1. The van der Waals surface area contributed by atoms with Crippen LogP contribution in [0.2, 0.25) is 0 Å². The number of alkyl halides is 3. The number of aromatic nitrogens is 2. The normalized spacial score (nSPS) is 19.8. The molecular weight excluding hydrogens is 309 g/mol. The van der Waals surface area contributed by atoms with Gasteiger partial charge in [0.15, 0.2) is 5.84 Å². The SMILES string of the molecule is CC(C(N)=NO)N1CCN(c2nc(C(F)(F)F)ns2)CC1. The van der Waals surface area contributed by atoms with E-state index in [1.54, 1.807) is 11.8 Å². The maximum atomic E-state index is 12.5. The second kappa shape index (κ2) is 6.02. The average Bonchev–Trinajstić information content (AvgIpc) is 2.95. The Morgan fingerprint density at radius 2 is 2.00 bits per heavy atom. The van der Waals surface area contributed by atoms with E-state index in [9.17, 15) is 13.2 Å². The Labute approximate surface area is 123 Å². The van der Waals surface area contributed by atoms with Crippen molar-refractivity contribution in [2.24, 2.45) is 10.9 Å². The van der Waals surface area contributed by atoms with Crippen molar-refractivity contribution in [3.63, 3.8) is 0 Å². The van der Waals surface area contributed by atoms with Crippen molar-refractivity contribution in [2.45, 2.75) is 19.1 Å². The zero-order chi connectivity index (χ0) is 15.6. The number of nitrogens with two attached hydrogens (primary N) is 1. The maximum Gasteiger partial charge on any atom is 0.452 e. The van der Waals surface area contributed by atoms with Crippen LogP contribution in [-0.4, -0.2) is 57.5 Å². The van der Waals surface area contributed by atoms with Gasteiger partial charge in [-0.05, 0) is 6.92 Å². The summed E-state index contributed by atoms with van der Waals surface area (Å²) in [5.41, 5.74) is 5.54. The van der Waals surface area contributed by atoms with Crippen molar-refractivity contribution in [1.82, 2.24) is 14.3 Å². The molecular formula is C10H15F3N6OS. The van der Waals surface area contributed by atoms with Crippen LogP contribution in [0.25, 0.3) is 0 Å². The summed E-state index contributed by atoms with van der Waals surface area (Å²) in [7, 11) is 0. The van der Waals surface area contributed by atoms with Crippen LogP contribution in [0.5, 0.6) is 0 Å². The molecule has 2 heterocycles. The quantitative estimate of drug-likeness (QED) is 0.370. The summed E-state index contributed by atoms with van der Waals surface area (Å²) in [6.07, 6.45) is -4.52. The van der Waals surface area contributed by atoms with E-state index in [-0.39, 0.29) is 17.0 Å². The number of amidine groups is 1. The topological polar surface area (TPSA) is 90.9 Å². The molecule has 1 aromatic rings. The molecule has 118 valence electrons. The summed E-state index contributed by atoms with van der Waals surface area (Å²) in [6.45, 7) is 3.99. The van der Waals surface area contributed by atoms with Gasteiger partial charge in [-0.3, -0.25) is 4.90 Å². The minimum Gasteiger partial charge on any atom is -0.409 e. The Morgan fingerprint density at radius 3 is 2.48 bits per heavy atom. The number of hydrogen-bond donors (Lipinski definition) is 2. The van der Waals surface area contributed by atoms with E-state index in [0.29, 0.717) is 26.2 Å². The molecule has 1 unspecified atom stereocenters. The largest absolute Gasteiger partial charge is 0.452 e. The smallest absolute Gasteiger partial charge is 0.409 e. The number of rotatable bonds is 3. The van der Waals surface area contributed by atoms with Crippen molar-refractivity contribution in [2.75, 3.05) is 31.1 Å². The molecule has 0 aliphatic carbocycles. The lowest BCUT2D eigenvalue weighted by Crippen LogP contribution is -2.53. The minimum atomic E-state index is -4.52. The summed E-state index contributed by atoms with van der Waals surface area (Å²) in [5.74, 6) is -0.992. The van der Waals surface area contributed by atoms with Gasteiger partial charge in [0.2, 0.25) is 11.0 Å². The first kappa shape index (κ1) is 15.8. The van der Waals surface area contributed by atoms with E-state index in [1.807, 2.05) is 4.90 Å². The molecule has 1 aliphatic heterocycles. The predicted octanol–water partition coefficient (Wildman–Crippen LogP) is 0.814. The standard InChI is InChI=1S/C10H15F3N6OS/c1-6(7(14)16-20)18-2-4-19(5-3-18)9-15-8(17-21-9)10(11,12)13/h6,20H,2-5H2,1H3,(H2,14,16). The first-order valence-corrected chi connectivity index (χ1v) is 6.97. The third kappa shape index (κ3) is 3.53. The molecule has 2 rings (SSSR count). The Kier molecular flexibility index (Phi) is 4.52. The first-order chi connectivity index (χ1) is 9.82. The molecule has 1 aromatic heterocycles. The van der Waals surface area contributed by atoms with E-state index in [4.69, 9.17) is 10.9 Å². The third-order valence-electron chi connectivity index (χ3n) is 3.34. The first-order valence-electron chi connectivity index (χ1n) is 6.20. The molecule has 0 aromatic carbocycles. The van der Waals surface area contributed by atoms with Crippen molar-refractivity contribution < 1.29 is 18.4 Å². The van der Waals surface area contributed by atoms with E-state index in [2.05, 4.69) is 14.5 Å². The number of oxime groups is 1. The molecule has 1 fully saturated rings. The number of halogens is 3. The average molecular weight is 324 g/mol. The predicted molar refractivity (Wildman–Crippen MR) is 71.6 cm³/mol. The van der Waals surface area contributed by atoms with Crippen molar-refractivity contribution in [3.05, 3.63) is 5.82 Å². The van der Waals surface area contributed by atoms with Gasteiger partial charge in [0.05, 0.1) is 6.04 Å². The van der Waals surface area contributed by atoms with E-state index in [0.717, 1.165) is 11.5 Å². The summed E-state index contributed by atoms with van der Waals surface area (Å²) >= 11 is 0.741. The molecule has 0 amide bonds. The fourth-order valence-electron chi connectivity index (χ4n) is 2.03. The molecule has 1 saturated heterocycles. The highest BCUT2D eigenvalue weighted by Crippen LogP contribution is 2.30. The number of anilines is 1. The zero-order valence-electron chi connectivity index (χ0n) is 11.2. The Balaban J connectivity index is 1.97. The minimum absolute atomic E-state index is 0.110. The van der Waals surface area contributed by atoms with Crippen molar-refractivity contribution >= 4 is 22.5 Å². The van der Waals surface area contributed by atoms with Gasteiger partial charge in [-0.1, -0.05) is 5.16 Å². The molecule has 1 aliphatic rings. The van der Waals surface area contributed by atoms with Gasteiger partial charge in [0, 0.05) is 37.7 Å². The lowest BCUT2D eigenvalue weighted by molar-refractivity contribution is -0.144. The van der Waals surface area contributed by atoms with Crippen LogP contribution in [0.15, 0.2) is 5.16 Å². The second-order valence-corrected chi connectivity index (χ2v) is 5.35. The molecule has 0 saturated carbocycles. The molecule has 7 nitrogen and oxygen atoms in total. The molecule has 21 heavy (non-hydrogen) atoms. The third-order valence-corrected chi connectivity index (χ3v) is 4.12. The lowest BCUT2D eigenvalue weighted by Gasteiger charge is -2.37. The van der Waals surface area contributed by atoms with Gasteiger partial charge in [-0.15, -0.1) is 0 Å². The lowest BCUT2D eigenvalue weighted by atomic mass is 10.2.